The number of methoxy groups -OCH3 is 1. The number of ether oxygens (including phenoxy) is 2. The molecule has 4 rings (SSSR count). The first kappa shape index (κ1) is 21.9. The quantitative estimate of drug-likeness (QED) is 0.536. The number of halogens is 1. The zero-order valence-electron chi connectivity index (χ0n) is 18.1. The van der Waals surface area contributed by atoms with E-state index >= 15 is 0 Å². The van der Waals surface area contributed by atoms with E-state index in [-0.39, 0.29) is 12.0 Å². The summed E-state index contributed by atoms with van der Waals surface area (Å²) in [6.07, 6.45) is 4.32. The third-order valence-electron chi connectivity index (χ3n) is 5.56. The molecule has 8 heteroatoms. The molecule has 2 heterocycles. The zero-order chi connectivity index (χ0) is 22.7. The van der Waals surface area contributed by atoms with Crippen molar-refractivity contribution in [1.82, 2.24) is 14.9 Å². The summed E-state index contributed by atoms with van der Waals surface area (Å²) in [5, 5.41) is 4.88. The lowest BCUT2D eigenvalue weighted by Crippen LogP contribution is -2.41. The summed E-state index contributed by atoms with van der Waals surface area (Å²) < 4.78 is 11.9. The van der Waals surface area contributed by atoms with Crippen LogP contribution in [0.3, 0.4) is 0 Å². The summed E-state index contributed by atoms with van der Waals surface area (Å²) in [5.41, 5.74) is 2.59. The van der Waals surface area contributed by atoms with Gasteiger partial charge in [-0.25, -0.2) is 9.97 Å². The number of piperidine rings is 1. The van der Waals surface area contributed by atoms with Gasteiger partial charge in [0.25, 0.3) is 0 Å². The molecule has 0 radical (unpaired) electrons. The fraction of sp³-hybridized carbons (Fsp3) is 0.292. The number of carbonyl (C=O) groups is 1. The average molecular weight is 453 g/mol. The average Bonchev–Trinajstić information content (AvgIpc) is 2.81. The van der Waals surface area contributed by atoms with Gasteiger partial charge in [-0.05, 0) is 42.8 Å². The molecule has 1 aromatic heterocycles. The van der Waals surface area contributed by atoms with Gasteiger partial charge in [0.1, 0.15) is 18.2 Å². The summed E-state index contributed by atoms with van der Waals surface area (Å²) in [5.74, 6) is 1.85. The molecule has 1 saturated heterocycles. The predicted octanol–water partition coefficient (Wildman–Crippen LogP) is 4.90. The van der Waals surface area contributed by atoms with Crippen molar-refractivity contribution in [2.24, 2.45) is 0 Å². The number of aryl methyl sites for hydroxylation is 1. The maximum absolute atomic E-state index is 11.8. The van der Waals surface area contributed by atoms with Gasteiger partial charge in [-0.1, -0.05) is 18.2 Å². The van der Waals surface area contributed by atoms with Gasteiger partial charge < -0.3 is 19.7 Å². The molecule has 0 saturated carbocycles. The zero-order valence-corrected chi connectivity index (χ0v) is 18.9. The van der Waals surface area contributed by atoms with Crippen molar-refractivity contribution in [3.8, 4) is 11.5 Å². The molecule has 166 valence electrons. The normalized spacial score (nSPS) is 14.3. The van der Waals surface area contributed by atoms with Crippen LogP contribution in [0.4, 0.5) is 11.5 Å². The molecule has 7 nitrogen and oxygen atoms in total. The largest absolute Gasteiger partial charge is 0.493 e. The van der Waals surface area contributed by atoms with Crippen molar-refractivity contribution in [1.29, 1.82) is 0 Å². The van der Waals surface area contributed by atoms with Gasteiger partial charge in [0.05, 0.1) is 12.6 Å². The van der Waals surface area contributed by atoms with Crippen molar-refractivity contribution in [2.45, 2.75) is 25.9 Å². The van der Waals surface area contributed by atoms with Gasteiger partial charge in [-0.15, -0.1) is 0 Å². The minimum absolute atomic E-state index is 0.0184. The number of fused-ring (bicyclic) bond motifs is 1. The van der Waals surface area contributed by atoms with Crippen molar-refractivity contribution in [3.63, 3.8) is 0 Å². The predicted molar refractivity (Wildman–Crippen MR) is 126 cm³/mol. The molecule has 1 amide bonds. The van der Waals surface area contributed by atoms with E-state index < -0.39 is 0 Å². The fourth-order valence-corrected chi connectivity index (χ4v) is 3.89. The second kappa shape index (κ2) is 9.44. The second-order valence-electron chi connectivity index (χ2n) is 7.68. The molecule has 1 N–H and O–H groups in total. The number of rotatable bonds is 6. The van der Waals surface area contributed by atoms with Crippen LogP contribution in [-0.2, 0) is 4.79 Å². The highest BCUT2D eigenvalue weighted by Crippen LogP contribution is 2.36. The molecule has 1 aliphatic heterocycles. The van der Waals surface area contributed by atoms with Gasteiger partial charge in [-0.2, -0.15) is 0 Å². The van der Waals surface area contributed by atoms with E-state index in [1.165, 1.54) is 12.4 Å². The van der Waals surface area contributed by atoms with E-state index in [0.29, 0.717) is 35.4 Å². The lowest BCUT2D eigenvalue weighted by atomic mass is 10.1. The number of aromatic nitrogens is 2. The molecule has 3 aromatic rings. The second-order valence-corrected chi connectivity index (χ2v) is 8.09. The Morgan fingerprint density at radius 2 is 2.00 bits per heavy atom. The maximum Gasteiger partial charge on any atom is 0.245 e. The Morgan fingerprint density at radius 3 is 2.69 bits per heavy atom. The van der Waals surface area contributed by atoms with E-state index in [1.807, 2.05) is 37.3 Å². The van der Waals surface area contributed by atoms with Crippen LogP contribution in [-0.4, -0.2) is 47.1 Å². The van der Waals surface area contributed by atoms with Crippen molar-refractivity contribution < 1.29 is 14.3 Å². The SMILES string of the molecule is C=CC(=O)N1CCC(Oc2cc3c(Nc4ccc(Cl)c(C)c4)ncnc3cc2OC)CC1. The molecule has 2 aromatic carbocycles. The molecule has 0 atom stereocenters. The van der Waals surface area contributed by atoms with Crippen molar-refractivity contribution in [3.05, 3.63) is 59.9 Å². The van der Waals surface area contributed by atoms with E-state index in [9.17, 15) is 4.79 Å². The van der Waals surface area contributed by atoms with Crippen LogP contribution in [0.15, 0.2) is 49.3 Å². The molecular formula is C24H25ClN4O3. The highest BCUT2D eigenvalue weighted by Gasteiger charge is 2.24. The van der Waals surface area contributed by atoms with Crippen LogP contribution < -0.4 is 14.8 Å². The number of anilines is 2. The van der Waals surface area contributed by atoms with Crippen LogP contribution >= 0.6 is 11.6 Å². The standard InChI is InChI=1S/C24H25ClN4O3/c1-4-23(30)29-9-7-17(8-10-29)32-22-12-18-20(13-21(22)31-3)26-14-27-24(18)28-16-5-6-19(25)15(2)11-16/h4-6,11-14,17H,1,7-10H2,2-3H3,(H,26,27,28). The minimum Gasteiger partial charge on any atom is -0.493 e. The van der Waals surface area contributed by atoms with Crippen molar-refractivity contribution in [2.75, 3.05) is 25.5 Å². The Kier molecular flexibility index (Phi) is 6.46. The lowest BCUT2D eigenvalue weighted by Gasteiger charge is -2.31. The van der Waals surface area contributed by atoms with Crippen LogP contribution in [0.5, 0.6) is 11.5 Å². The van der Waals surface area contributed by atoms with E-state index in [2.05, 4.69) is 21.9 Å². The third-order valence-corrected chi connectivity index (χ3v) is 5.99. The number of nitrogens with zero attached hydrogens (tertiary/aromatic N) is 3. The number of carbonyl (C=O) groups excluding carboxylic acids is 1. The smallest absolute Gasteiger partial charge is 0.245 e. The summed E-state index contributed by atoms with van der Waals surface area (Å²) in [7, 11) is 1.61. The molecule has 32 heavy (non-hydrogen) atoms. The fourth-order valence-electron chi connectivity index (χ4n) is 3.78. The number of nitrogens with one attached hydrogen (secondary N) is 1. The molecule has 0 aliphatic carbocycles. The number of amides is 1. The Bertz CT molecular complexity index is 1160. The van der Waals surface area contributed by atoms with Crippen LogP contribution in [0.25, 0.3) is 10.9 Å². The summed E-state index contributed by atoms with van der Waals surface area (Å²) >= 11 is 6.15. The van der Waals surface area contributed by atoms with Gasteiger partial charge in [0.15, 0.2) is 11.5 Å². The van der Waals surface area contributed by atoms with Crippen molar-refractivity contribution >= 4 is 39.9 Å². The summed E-state index contributed by atoms with van der Waals surface area (Å²) in [4.78, 5) is 22.4. The molecule has 0 unspecified atom stereocenters. The first-order valence-electron chi connectivity index (χ1n) is 10.4. The Hall–Kier alpha value is -3.32. The maximum atomic E-state index is 11.8. The first-order valence-corrected chi connectivity index (χ1v) is 10.8. The monoisotopic (exact) mass is 452 g/mol. The molecule has 1 aliphatic rings. The molecular weight excluding hydrogens is 428 g/mol. The Morgan fingerprint density at radius 1 is 1.22 bits per heavy atom. The van der Waals surface area contributed by atoms with Crippen LogP contribution in [0.2, 0.25) is 5.02 Å². The number of benzene rings is 2. The highest BCUT2D eigenvalue weighted by atomic mass is 35.5. The summed E-state index contributed by atoms with van der Waals surface area (Å²) in [6, 6.07) is 9.48. The van der Waals surface area contributed by atoms with Gasteiger partial charge in [0.2, 0.25) is 5.91 Å². The third kappa shape index (κ3) is 4.62. The minimum atomic E-state index is -0.0444. The Balaban J connectivity index is 1.60. The van der Waals surface area contributed by atoms with Gasteiger partial charge >= 0.3 is 0 Å². The van der Waals surface area contributed by atoms with E-state index in [0.717, 1.165) is 35.0 Å². The number of likely N-dealkylation sites (tertiary alicyclic amines) is 1. The molecule has 0 bridgehead atoms. The van der Waals surface area contributed by atoms with Gasteiger partial charge in [0, 0.05) is 48.1 Å². The van der Waals surface area contributed by atoms with E-state index in [1.54, 1.807) is 12.0 Å². The van der Waals surface area contributed by atoms with E-state index in [4.69, 9.17) is 21.1 Å². The highest BCUT2D eigenvalue weighted by molar-refractivity contribution is 6.31. The van der Waals surface area contributed by atoms with Crippen LogP contribution in [0.1, 0.15) is 18.4 Å². The number of hydrogen-bond donors (Lipinski definition) is 1. The topological polar surface area (TPSA) is 76.6 Å². The molecule has 0 spiro atoms. The number of hydrogen-bond acceptors (Lipinski definition) is 6. The summed E-state index contributed by atoms with van der Waals surface area (Å²) in [6.45, 7) is 6.79. The van der Waals surface area contributed by atoms with Gasteiger partial charge in [-0.3, -0.25) is 4.79 Å². The lowest BCUT2D eigenvalue weighted by molar-refractivity contribution is -0.127. The molecule has 1 fully saturated rings. The Labute approximate surface area is 192 Å². The van der Waals surface area contributed by atoms with Crippen LogP contribution in [0, 0.1) is 6.92 Å². The first-order chi connectivity index (χ1) is 15.5.